The van der Waals surface area contributed by atoms with Gasteiger partial charge in [0.05, 0.1) is 5.92 Å². The van der Waals surface area contributed by atoms with Gasteiger partial charge in [0, 0.05) is 23.8 Å². The second-order valence-corrected chi connectivity index (χ2v) is 7.91. The Morgan fingerprint density at radius 2 is 2.04 bits per heavy atom. The molecular formula is C21H24FN3O3. The second-order valence-electron chi connectivity index (χ2n) is 7.91. The van der Waals surface area contributed by atoms with E-state index in [2.05, 4.69) is 5.10 Å². The van der Waals surface area contributed by atoms with Crippen molar-refractivity contribution in [1.82, 2.24) is 14.7 Å². The third-order valence-corrected chi connectivity index (χ3v) is 5.95. The minimum atomic E-state index is -0.873. The van der Waals surface area contributed by atoms with Crippen LogP contribution in [0, 0.1) is 18.7 Å². The van der Waals surface area contributed by atoms with Gasteiger partial charge in [0.1, 0.15) is 11.5 Å². The van der Waals surface area contributed by atoms with E-state index in [-0.39, 0.29) is 24.3 Å². The number of carbonyl (C=O) groups is 2. The van der Waals surface area contributed by atoms with Crippen LogP contribution in [0.5, 0.6) is 0 Å². The maximum absolute atomic E-state index is 14.5. The number of carbonyl (C=O) groups excluding carboxylic acids is 1. The van der Waals surface area contributed by atoms with Crippen LogP contribution < -0.4 is 0 Å². The molecule has 0 saturated carbocycles. The van der Waals surface area contributed by atoms with Crippen molar-refractivity contribution in [2.24, 2.45) is 5.92 Å². The van der Waals surface area contributed by atoms with Crippen LogP contribution in [0.1, 0.15) is 53.5 Å². The van der Waals surface area contributed by atoms with Crippen LogP contribution in [0.4, 0.5) is 4.39 Å². The van der Waals surface area contributed by atoms with Crippen LogP contribution in [0.15, 0.2) is 18.2 Å². The number of hydrogen-bond acceptors (Lipinski definition) is 3. The largest absolute Gasteiger partial charge is 0.481 e. The first-order chi connectivity index (χ1) is 13.4. The fraction of sp³-hybridized carbons (Fsp3) is 0.476. The van der Waals surface area contributed by atoms with E-state index in [0.29, 0.717) is 24.2 Å². The second kappa shape index (κ2) is 7.04. The molecule has 2 aromatic rings. The number of aromatic nitrogens is 2. The number of likely N-dealkylation sites (tertiary alicyclic amines) is 1. The molecule has 1 aliphatic heterocycles. The Hall–Kier alpha value is -2.70. The molecule has 28 heavy (non-hydrogen) atoms. The number of aryl methyl sites for hydroxylation is 1. The van der Waals surface area contributed by atoms with Crippen molar-refractivity contribution in [3.8, 4) is 5.69 Å². The average molecular weight is 385 g/mol. The number of carboxylic acid groups (broad SMARTS) is 1. The predicted molar refractivity (Wildman–Crippen MR) is 101 cm³/mol. The van der Waals surface area contributed by atoms with E-state index in [1.54, 1.807) is 21.7 Å². The number of nitrogens with zero attached hydrogens (tertiary/aromatic N) is 3. The lowest BCUT2D eigenvalue weighted by Gasteiger charge is -2.36. The normalized spacial score (nSPS) is 21.6. The lowest BCUT2D eigenvalue weighted by molar-refractivity contribution is -0.143. The number of piperidine rings is 1. The lowest BCUT2D eigenvalue weighted by atomic mass is 9.93. The maximum atomic E-state index is 14.5. The summed E-state index contributed by atoms with van der Waals surface area (Å²) in [7, 11) is 0. The van der Waals surface area contributed by atoms with Gasteiger partial charge in [0.2, 0.25) is 0 Å². The van der Waals surface area contributed by atoms with Crippen LogP contribution in [0.3, 0.4) is 0 Å². The molecule has 1 aromatic carbocycles. The van der Waals surface area contributed by atoms with E-state index in [1.165, 1.54) is 6.07 Å². The SMILES string of the molecule is Cc1ccc(F)c(-n2nc(C(=O)N3CC(C(=O)O)CCC3C)c3c2CCC3)c1. The molecule has 4 rings (SSSR count). The van der Waals surface area contributed by atoms with Gasteiger partial charge in [0.25, 0.3) is 5.91 Å². The van der Waals surface area contributed by atoms with Crippen LogP contribution in [0.25, 0.3) is 5.69 Å². The van der Waals surface area contributed by atoms with Crippen LogP contribution in [-0.4, -0.2) is 44.3 Å². The quantitative estimate of drug-likeness (QED) is 0.881. The number of rotatable bonds is 3. The summed E-state index contributed by atoms with van der Waals surface area (Å²) in [5.74, 6) is -2.05. The number of amides is 1. The molecule has 2 atom stereocenters. The van der Waals surface area contributed by atoms with Gasteiger partial charge < -0.3 is 10.0 Å². The highest BCUT2D eigenvalue weighted by Gasteiger charge is 2.36. The number of carboxylic acids is 1. The van der Waals surface area contributed by atoms with Crippen molar-refractivity contribution < 1.29 is 19.1 Å². The number of halogens is 1. The Morgan fingerprint density at radius 1 is 1.25 bits per heavy atom. The van der Waals surface area contributed by atoms with E-state index >= 15 is 0 Å². The molecule has 2 unspecified atom stereocenters. The average Bonchev–Trinajstić information content (AvgIpc) is 3.26. The molecule has 6 nitrogen and oxygen atoms in total. The summed E-state index contributed by atoms with van der Waals surface area (Å²) in [6, 6.07) is 4.82. The molecule has 1 saturated heterocycles. The highest BCUT2D eigenvalue weighted by molar-refractivity contribution is 5.95. The molecule has 2 heterocycles. The van der Waals surface area contributed by atoms with Crippen molar-refractivity contribution in [3.05, 3.63) is 46.5 Å². The molecule has 1 N–H and O–H groups in total. The Kier molecular flexibility index (Phi) is 4.69. The molecule has 0 spiro atoms. The Balaban J connectivity index is 1.74. The molecule has 0 radical (unpaired) electrons. The van der Waals surface area contributed by atoms with Crippen molar-refractivity contribution in [3.63, 3.8) is 0 Å². The summed E-state index contributed by atoms with van der Waals surface area (Å²) in [6.45, 7) is 4.02. The van der Waals surface area contributed by atoms with Gasteiger partial charge in [-0.05, 0) is 63.6 Å². The minimum absolute atomic E-state index is 0.0407. The first-order valence-corrected chi connectivity index (χ1v) is 9.78. The summed E-state index contributed by atoms with van der Waals surface area (Å²) >= 11 is 0. The van der Waals surface area contributed by atoms with Crippen molar-refractivity contribution >= 4 is 11.9 Å². The first kappa shape index (κ1) is 18.7. The molecule has 0 bridgehead atoms. The van der Waals surface area contributed by atoms with Gasteiger partial charge in [-0.2, -0.15) is 5.10 Å². The predicted octanol–water partition coefficient (Wildman–Crippen LogP) is 3.13. The van der Waals surface area contributed by atoms with E-state index in [9.17, 15) is 19.1 Å². The van der Waals surface area contributed by atoms with Crippen LogP contribution >= 0.6 is 0 Å². The third-order valence-electron chi connectivity index (χ3n) is 5.95. The number of hydrogen-bond donors (Lipinski definition) is 1. The zero-order valence-electron chi connectivity index (χ0n) is 16.1. The number of aliphatic carboxylic acids is 1. The highest BCUT2D eigenvalue weighted by atomic mass is 19.1. The minimum Gasteiger partial charge on any atom is -0.481 e. The smallest absolute Gasteiger partial charge is 0.308 e. The van der Waals surface area contributed by atoms with E-state index in [1.807, 2.05) is 13.8 Å². The summed E-state index contributed by atoms with van der Waals surface area (Å²) < 4.78 is 16.0. The first-order valence-electron chi connectivity index (χ1n) is 9.78. The molecule has 1 fully saturated rings. The lowest BCUT2D eigenvalue weighted by Crippen LogP contribution is -2.47. The molecule has 1 aliphatic carbocycles. The molecule has 1 aromatic heterocycles. The van der Waals surface area contributed by atoms with E-state index in [0.717, 1.165) is 36.1 Å². The monoisotopic (exact) mass is 385 g/mol. The van der Waals surface area contributed by atoms with E-state index < -0.39 is 11.9 Å². The summed E-state index contributed by atoms with van der Waals surface area (Å²) in [5, 5.41) is 13.9. The highest BCUT2D eigenvalue weighted by Crippen LogP contribution is 2.31. The van der Waals surface area contributed by atoms with Crippen LogP contribution in [-0.2, 0) is 17.6 Å². The summed E-state index contributed by atoms with van der Waals surface area (Å²) in [4.78, 5) is 26.3. The van der Waals surface area contributed by atoms with Gasteiger partial charge in [0.15, 0.2) is 5.69 Å². The zero-order valence-corrected chi connectivity index (χ0v) is 16.1. The number of fused-ring (bicyclic) bond motifs is 1. The fourth-order valence-electron chi connectivity index (χ4n) is 4.32. The molecular weight excluding hydrogens is 361 g/mol. The van der Waals surface area contributed by atoms with Crippen molar-refractivity contribution in [2.45, 2.75) is 52.0 Å². The Bertz CT molecular complexity index is 953. The van der Waals surface area contributed by atoms with E-state index in [4.69, 9.17) is 0 Å². The topological polar surface area (TPSA) is 75.4 Å². The van der Waals surface area contributed by atoms with Gasteiger partial charge in [-0.1, -0.05) is 6.07 Å². The van der Waals surface area contributed by atoms with Crippen molar-refractivity contribution in [2.75, 3.05) is 6.54 Å². The third kappa shape index (κ3) is 3.08. The van der Waals surface area contributed by atoms with Crippen molar-refractivity contribution in [1.29, 1.82) is 0 Å². The van der Waals surface area contributed by atoms with Gasteiger partial charge in [-0.15, -0.1) is 0 Å². The number of benzene rings is 1. The zero-order chi connectivity index (χ0) is 20.0. The standard InChI is InChI=1S/C21H24FN3O3/c1-12-6-9-16(22)18(10-12)25-17-5-3-4-15(17)19(23-25)20(26)24-11-14(21(27)28)8-7-13(24)2/h6,9-10,13-14H,3-5,7-8,11H2,1-2H3,(H,27,28). The Morgan fingerprint density at radius 3 is 2.79 bits per heavy atom. The van der Waals surface area contributed by atoms with Crippen LogP contribution in [0.2, 0.25) is 0 Å². The fourth-order valence-corrected chi connectivity index (χ4v) is 4.32. The molecule has 7 heteroatoms. The molecule has 148 valence electrons. The van der Waals surface area contributed by atoms with Gasteiger partial charge in [-0.25, -0.2) is 9.07 Å². The summed E-state index contributed by atoms with van der Waals surface area (Å²) in [6.07, 6.45) is 3.60. The Labute approximate surface area is 163 Å². The molecule has 1 amide bonds. The van der Waals surface area contributed by atoms with Gasteiger partial charge in [-0.3, -0.25) is 9.59 Å². The van der Waals surface area contributed by atoms with Gasteiger partial charge >= 0.3 is 5.97 Å². The maximum Gasteiger partial charge on any atom is 0.308 e. The molecule has 2 aliphatic rings. The summed E-state index contributed by atoms with van der Waals surface area (Å²) in [5.41, 5.74) is 3.36.